The van der Waals surface area contributed by atoms with Crippen LogP contribution in [-0.2, 0) is 22.4 Å². The molecule has 2 aromatic rings. The van der Waals surface area contributed by atoms with Gasteiger partial charge in [-0.25, -0.2) is 17.6 Å². The summed E-state index contributed by atoms with van der Waals surface area (Å²) in [6.07, 6.45) is -0.784. The third-order valence-corrected chi connectivity index (χ3v) is 3.52. The molecule has 0 spiro atoms. The number of carboxylic acids is 1. The molecule has 8 heteroatoms. The second-order valence-electron chi connectivity index (χ2n) is 5.44. The Morgan fingerprint density at radius 2 is 1.19 bits per heavy atom. The van der Waals surface area contributed by atoms with Gasteiger partial charge in [0.2, 0.25) is 5.24 Å². The minimum atomic E-state index is -1.18. The van der Waals surface area contributed by atoms with Gasteiger partial charge in [0, 0.05) is 12.0 Å². The van der Waals surface area contributed by atoms with Crippen molar-refractivity contribution in [3.63, 3.8) is 0 Å². The van der Waals surface area contributed by atoms with Gasteiger partial charge >= 0.3 is 5.97 Å². The molecule has 0 aliphatic carbocycles. The molecular weight excluding hydrogens is 376 g/mol. The van der Waals surface area contributed by atoms with Gasteiger partial charge in [-0.15, -0.1) is 0 Å². The van der Waals surface area contributed by atoms with Crippen molar-refractivity contribution in [1.82, 2.24) is 0 Å². The van der Waals surface area contributed by atoms with E-state index in [-0.39, 0.29) is 28.7 Å². The van der Waals surface area contributed by atoms with E-state index in [4.69, 9.17) is 16.7 Å². The lowest BCUT2D eigenvalue weighted by Crippen LogP contribution is -2.04. The van der Waals surface area contributed by atoms with Gasteiger partial charge in [0.1, 0.15) is 0 Å². The maximum absolute atomic E-state index is 13.0. The zero-order chi connectivity index (χ0) is 20.0. The predicted molar refractivity (Wildman–Crippen MR) is 88.1 cm³/mol. The van der Waals surface area contributed by atoms with Crippen LogP contribution in [0, 0.1) is 37.1 Å². The molecule has 1 N–H and O–H groups in total. The third kappa shape index (κ3) is 5.84. The van der Waals surface area contributed by atoms with Gasteiger partial charge in [0.05, 0.1) is 6.42 Å². The summed E-state index contributed by atoms with van der Waals surface area (Å²) in [5.74, 6) is -5.13. The number of rotatable bonds is 4. The molecule has 0 unspecified atom stereocenters. The molecule has 0 fully saturated rings. The maximum Gasteiger partial charge on any atom is 0.307 e. The second-order valence-corrected chi connectivity index (χ2v) is 5.86. The van der Waals surface area contributed by atoms with Crippen molar-refractivity contribution in [2.75, 3.05) is 0 Å². The Kier molecular flexibility index (Phi) is 7.76. The molecule has 0 heterocycles. The minimum absolute atomic E-state index is 0.0110. The van der Waals surface area contributed by atoms with E-state index in [2.05, 4.69) is 0 Å². The lowest BCUT2D eigenvalue weighted by molar-refractivity contribution is -0.136. The van der Waals surface area contributed by atoms with E-state index in [1.54, 1.807) is 0 Å². The van der Waals surface area contributed by atoms with Crippen LogP contribution in [0.2, 0.25) is 0 Å². The first-order chi connectivity index (χ1) is 12.0. The summed E-state index contributed by atoms with van der Waals surface area (Å²) in [5.41, 5.74) is 0.244. The van der Waals surface area contributed by atoms with Crippen LogP contribution in [0.5, 0.6) is 0 Å². The summed E-state index contributed by atoms with van der Waals surface area (Å²) in [4.78, 5) is 20.7. The predicted octanol–water partition coefficient (Wildman–Crippen LogP) is 4.48. The molecular formula is C18H15ClF4O3. The van der Waals surface area contributed by atoms with Crippen LogP contribution < -0.4 is 0 Å². The fraction of sp³-hybridized carbons (Fsp3) is 0.222. The number of hydrogen-bond acceptors (Lipinski definition) is 2. The molecule has 3 nitrogen and oxygen atoms in total. The highest BCUT2D eigenvalue weighted by molar-refractivity contribution is 6.63. The zero-order valence-electron chi connectivity index (χ0n) is 13.9. The molecule has 0 atom stereocenters. The first-order valence-corrected chi connectivity index (χ1v) is 7.69. The molecule has 0 amide bonds. The van der Waals surface area contributed by atoms with Crippen molar-refractivity contribution >= 4 is 22.8 Å². The molecule has 2 aromatic carbocycles. The SMILES string of the molecule is Cc1ccc(CC(=O)Cl)c(F)c1F.Cc1ccc(CC(=O)O)c(F)c1F. The topological polar surface area (TPSA) is 54.4 Å². The highest BCUT2D eigenvalue weighted by Gasteiger charge is 2.13. The lowest BCUT2D eigenvalue weighted by atomic mass is 10.1. The molecule has 2 rings (SSSR count). The quantitative estimate of drug-likeness (QED) is 0.618. The van der Waals surface area contributed by atoms with Crippen LogP contribution in [0.25, 0.3) is 0 Å². The number of carbonyl (C=O) groups excluding carboxylic acids is 1. The van der Waals surface area contributed by atoms with Crippen molar-refractivity contribution in [3.05, 3.63) is 69.8 Å². The molecule has 140 valence electrons. The molecule has 0 radical (unpaired) electrons. The van der Waals surface area contributed by atoms with Gasteiger partial charge in [0.15, 0.2) is 23.3 Å². The minimum Gasteiger partial charge on any atom is -0.481 e. The Morgan fingerprint density at radius 3 is 1.54 bits per heavy atom. The Balaban J connectivity index is 0.000000260. The molecule has 0 aliphatic rings. The number of aryl methyl sites for hydroxylation is 2. The summed E-state index contributed by atoms with van der Waals surface area (Å²) in [6.45, 7) is 2.87. The number of carboxylic acid groups (broad SMARTS) is 1. The van der Waals surface area contributed by atoms with Gasteiger partial charge in [-0.1, -0.05) is 24.3 Å². The Morgan fingerprint density at radius 1 is 0.808 bits per heavy atom. The van der Waals surface area contributed by atoms with E-state index in [1.165, 1.54) is 38.1 Å². The molecule has 0 aromatic heterocycles. The lowest BCUT2D eigenvalue weighted by Gasteiger charge is -2.02. The largest absolute Gasteiger partial charge is 0.481 e. The van der Waals surface area contributed by atoms with E-state index in [9.17, 15) is 27.2 Å². The van der Waals surface area contributed by atoms with Crippen LogP contribution in [0.15, 0.2) is 24.3 Å². The number of hydrogen-bond donors (Lipinski definition) is 1. The third-order valence-electron chi connectivity index (χ3n) is 3.38. The highest BCUT2D eigenvalue weighted by Crippen LogP contribution is 2.17. The highest BCUT2D eigenvalue weighted by atomic mass is 35.5. The van der Waals surface area contributed by atoms with Gasteiger partial charge in [-0.3, -0.25) is 9.59 Å². The maximum atomic E-state index is 13.0. The molecule has 0 saturated heterocycles. The van der Waals surface area contributed by atoms with Gasteiger partial charge in [0.25, 0.3) is 0 Å². The standard InChI is InChI=1S/C9H7ClF2O.C9H8F2O2/c1-5-2-3-6(4-7(10)13)9(12)8(5)11;1-5-2-3-6(4-7(12)13)9(11)8(5)10/h2-3H,4H2,1H3;2-3H,4H2,1H3,(H,12,13). The van der Waals surface area contributed by atoms with Crippen molar-refractivity contribution in [3.8, 4) is 0 Å². The molecule has 0 saturated carbocycles. The van der Waals surface area contributed by atoms with Crippen LogP contribution in [0.3, 0.4) is 0 Å². The monoisotopic (exact) mass is 390 g/mol. The van der Waals surface area contributed by atoms with E-state index in [0.717, 1.165) is 0 Å². The van der Waals surface area contributed by atoms with E-state index in [0.29, 0.717) is 0 Å². The van der Waals surface area contributed by atoms with Crippen molar-refractivity contribution in [2.24, 2.45) is 0 Å². The van der Waals surface area contributed by atoms with E-state index in [1.807, 2.05) is 0 Å². The molecule has 26 heavy (non-hydrogen) atoms. The number of benzene rings is 2. The Labute approximate surface area is 152 Å². The summed E-state index contributed by atoms with van der Waals surface area (Å²) >= 11 is 5.05. The van der Waals surface area contributed by atoms with Crippen LogP contribution >= 0.6 is 11.6 Å². The summed E-state index contributed by atoms with van der Waals surface area (Å²) < 4.78 is 51.8. The van der Waals surface area contributed by atoms with Crippen LogP contribution in [0.1, 0.15) is 22.3 Å². The first-order valence-electron chi connectivity index (χ1n) is 7.31. The Hall–Kier alpha value is -2.41. The zero-order valence-corrected chi connectivity index (χ0v) is 14.6. The van der Waals surface area contributed by atoms with Gasteiger partial charge in [-0.05, 0) is 42.1 Å². The molecule has 0 bridgehead atoms. The average Bonchev–Trinajstić information content (AvgIpc) is 2.56. The van der Waals surface area contributed by atoms with Crippen LogP contribution in [-0.4, -0.2) is 16.3 Å². The van der Waals surface area contributed by atoms with E-state index < -0.39 is 40.9 Å². The van der Waals surface area contributed by atoms with E-state index >= 15 is 0 Å². The number of aliphatic carboxylic acids is 1. The first kappa shape index (κ1) is 21.6. The van der Waals surface area contributed by atoms with Gasteiger partial charge in [-0.2, -0.15) is 0 Å². The fourth-order valence-electron chi connectivity index (χ4n) is 1.96. The van der Waals surface area contributed by atoms with Crippen LogP contribution in [0.4, 0.5) is 17.6 Å². The summed E-state index contributed by atoms with van der Waals surface area (Å²) in [7, 11) is 0. The van der Waals surface area contributed by atoms with Crippen molar-refractivity contribution in [1.29, 1.82) is 0 Å². The summed E-state index contributed by atoms with van der Waals surface area (Å²) in [5, 5.41) is 7.66. The normalized spacial score (nSPS) is 10.1. The van der Waals surface area contributed by atoms with Gasteiger partial charge < -0.3 is 5.11 Å². The smallest absolute Gasteiger partial charge is 0.307 e. The Bertz CT molecular complexity index is 768. The number of carbonyl (C=O) groups is 2. The second kappa shape index (κ2) is 9.33. The van der Waals surface area contributed by atoms with Crippen molar-refractivity contribution < 1.29 is 32.3 Å². The number of halogens is 5. The van der Waals surface area contributed by atoms with Crippen molar-refractivity contribution in [2.45, 2.75) is 26.7 Å². The molecule has 0 aliphatic heterocycles. The average molecular weight is 391 g/mol. The fourth-order valence-corrected chi connectivity index (χ4v) is 2.10. The summed E-state index contributed by atoms with van der Waals surface area (Å²) in [6, 6.07) is 5.40.